The second kappa shape index (κ2) is 14.0. The molecule has 2 fully saturated rings. The van der Waals surface area contributed by atoms with Gasteiger partial charge in [-0.2, -0.15) is 0 Å². The quantitative estimate of drug-likeness (QED) is 0.145. The zero-order valence-corrected chi connectivity index (χ0v) is 26.4. The number of methoxy groups -OCH3 is 1. The van der Waals surface area contributed by atoms with Crippen LogP contribution in [0.25, 0.3) is 10.9 Å². The lowest BCUT2D eigenvalue weighted by molar-refractivity contribution is -0.124. The van der Waals surface area contributed by atoms with Gasteiger partial charge in [0.2, 0.25) is 11.8 Å². The second-order valence-corrected chi connectivity index (χ2v) is 12.2. The van der Waals surface area contributed by atoms with E-state index < -0.39 is 29.2 Å². The summed E-state index contributed by atoms with van der Waals surface area (Å²) in [5, 5.41) is 16.9. The summed E-state index contributed by atoms with van der Waals surface area (Å²) in [6.07, 6.45) is 2.83. The fourth-order valence-corrected chi connectivity index (χ4v) is 5.90. The van der Waals surface area contributed by atoms with Crippen molar-refractivity contribution in [3.05, 3.63) is 78.5 Å². The fraction of sp³-hybridized carbons (Fsp3) is 0.343. The summed E-state index contributed by atoms with van der Waals surface area (Å²) in [6, 6.07) is 14.7. The number of amides is 2. The SMILES string of the molecule is COc1cc2c(Oc3ccc(NC(O)C4(C(=O)Nc5cccc(F)c5)CC4)cc3F)ccnc2cc1OCC1CCN(CC(N)=O)CC1. The van der Waals surface area contributed by atoms with Crippen molar-refractivity contribution in [2.75, 3.05) is 44.0 Å². The van der Waals surface area contributed by atoms with Crippen LogP contribution in [-0.2, 0) is 9.59 Å². The van der Waals surface area contributed by atoms with Crippen molar-refractivity contribution in [3.8, 4) is 23.0 Å². The van der Waals surface area contributed by atoms with Gasteiger partial charge in [0, 0.05) is 35.1 Å². The van der Waals surface area contributed by atoms with Crippen molar-refractivity contribution in [1.29, 1.82) is 0 Å². The molecule has 1 saturated carbocycles. The highest BCUT2D eigenvalue weighted by atomic mass is 19.1. The van der Waals surface area contributed by atoms with Crippen LogP contribution >= 0.6 is 0 Å². The largest absolute Gasteiger partial charge is 0.493 e. The summed E-state index contributed by atoms with van der Waals surface area (Å²) in [7, 11) is 1.53. The Labute approximate surface area is 276 Å². The van der Waals surface area contributed by atoms with E-state index >= 15 is 4.39 Å². The van der Waals surface area contributed by atoms with Gasteiger partial charge < -0.3 is 35.7 Å². The zero-order valence-electron chi connectivity index (χ0n) is 26.4. The number of ether oxygens (including phenoxy) is 3. The number of carbonyl (C=O) groups is 2. The Morgan fingerprint density at radius 3 is 2.50 bits per heavy atom. The lowest BCUT2D eigenvalue weighted by Gasteiger charge is -2.31. The molecular weight excluding hydrogens is 624 g/mol. The minimum atomic E-state index is -1.31. The smallest absolute Gasteiger partial charge is 0.235 e. The van der Waals surface area contributed by atoms with Crippen molar-refractivity contribution < 1.29 is 37.7 Å². The summed E-state index contributed by atoms with van der Waals surface area (Å²) in [6.45, 7) is 2.29. The van der Waals surface area contributed by atoms with Crippen LogP contribution in [0.15, 0.2) is 66.9 Å². The number of aliphatic hydroxyl groups is 1. The topological polar surface area (TPSA) is 148 Å². The maximum Gasteiger partial charge on any atom is 0.235 e. The first-order valence-electron chi connectivity index (χ1n) is 15.7. The lowest BCUT2D eigenvalue weighted by atomic mass is 9.98. The number of piperidine rings is 1. The molecule has 5 N–H and O–H groups in total. The first kappa shape index (κ1) is 32.9. The van der Waals surface area contributed by atoms with Gasteiger partial charge in [-0.3, -0.25) is 19.5 Å². The summed E-state index contributed by atoms with van der Waals surface area (Å²) in [5.41, 5.74) is 5.28. The van der Waals surface area contributed by atoms with Crippen LogP contribution in [0.3, 0.4) is 0 Å². The number of nitrogens with two attached hydrogens (primary N) is 1. The fourth-order valence-electron chi connectivity index (χ4n) is 5.90. The number of rotatable bonds is 13. The van der Waals surface area contributed by atoms with E-state index in [0.29, 0.717) is 53.5 Å². The minimum Gasteiger partial charge on any atom is -0.493 e. The van der Waals surface area contributed by atoms with Gasteiger partial charge in [-0.05, 0) is 87.2 Å². The number of aromatic nitrogens is 1. The molecule has 2 heterocycles. The first-order chi connectivity index (χ1) is 23.1. The Hall–Kier alpha value is -5.01. The molecule has 2 aliphatic rings. The molecule has 1 unspecified atom stereocenters. The zero-order chi connectivity index (χ0) is 33.8. The number of hydrogen-bond acceptors (Lipinski definition) is 9. The van der Waals surface area contributed by atoms with E-state index in [9.17, 15) is 19.1 Å². The maximum absolute atomic E-state index is 15.3. The van der Waals surface area contributed by atoms with E-state index in [4.69, 9.17) is 19.9 Å². The van der Waals surface area contributed by atoms with Gasteiger partial charge in [0.05, 0.1) is 31.2 Å². The van der Waals surface area contributed by atoms with E-state index in [-0.39, 0.29) is 29.6 Å². The molecule has 2 amide bonds. The van der Waals surface area contributed by atoms with Crippen molar-refractivity contribution in [2.24, 2.45) is 17.1 Å². The van der Waals surface area contributed by atoms with Gasteiger partial charge >= 0.3 is 0 Å². The van der Waals surface area contributed by atoms with Crippen LogP contribution in [0, 0.1) is 23.0 Å². The third-order valence-electron chi connectivity index (χ3n) is 8.85. The minimum absolute atomic E-state index is 0.0607. The van der Waals surface area contributed by atoms with Crippen LogP contribution in [-0.4, -0.2) is 66.4 Å². The van der Waals surface area contributed by atoms with Crippen molar-refractivity contribution in [2.45, 2.75) is 31.9 Å². The number of hydrogen-bond donors (Lipinski definition) is 4. The number of nitrogens with one attached hydrogen (secondary N) is 2. The Bertz CT molecular complexity index is 1810. The molecule has 48 heavy (non-hydrogen) atoms. The van der Waals surface area contributed by atoms with Crippen LogP contribution < -0.4 is 30.6 Å². The number of primary amides is 1. The Balaban J connectivity index is 1.10. The summed E-state index contributed by atoms with van der Waals surface area (Å²) < 4.78 is 46.6. The van der Waals surface area contributed by atoms with E-state index in [1.807, 2.05) is 4.90 Å². The highest BCUT2D eigenvalue weighted by Gasteiger charge is 2.56. The molecule has 252 valence electrons. The first-order valence-corrected chi connectivity index (χ1v) is 15.7. The number of halogens is 2. The van der Waals surface area contributed by atoms with Crippen LogP contribution in [0.2, 0.25) is 0 Å². The molecule has 11 nitrogen and oxygen atoms in total. The highest BCUT2D eigenvalue weighted by Crippen LogP contribution is 2.50. The third kappa shape index (κ3) is 7.42. The molecule has 3 aromatic carbocycles. The molecule has 1 saturated heterocycles. The van der Waals surface area contributed by atoms with Crippen molar-refractivity contribution in [3.63, 3.8) is 0 Å². The predicted octanol–water partition coefficient (Wildman–Crippen LogP) is 5.04. The molecule has 6 rings (SSSR count). The number of aliphatic hydroxyl groups excluding tert-OH is 1. The van der Waals surface area contributed by atoms with E-state index in [2.05, 4.69) is 15.6 Å². The summed E-state index contributed by atoms with van der Waals surface area (Å²) in [4.78, 5) is 30.6. The van der Waals surface area contributed by atoms with Gasteiger partial charge in [0.15, 0.2) is 23.1 Å². The average molecular weight is 662 g/mol. The van der Waals surface area contributed by atoms with E-state index in [1.165, 1.54) is 43.5 Å². The molecule has 13 heteroatoms. The van der Waals surface area contributed by atoms with Crippen LogP contribution in [0.5, 0.6) is 23.0 Å². The van der Waals surface area contributed by atoms with Gasteiger partial charge in [0.25, 0.3) is 0 Å². The molecule has 4 aromatic rings. The van der Waals surface area contributed by atoms with Gasteiger partial charge in [-0.25, -0.2) is 8.78 Å². The number of benzene rings is 3. The number of carbonyl (C=O) groups excluding carboxylic acids is 2. The molecule has 1 aliphatic heterocycles. The van der Waals surface area contributed by atoms with Gasteiger partial charge in [-0.1, -0.05) is 6.07 Å². The van der Waals surface area contributed by atoms with Crippen molar-refractivity contribution in [1.82, 2.24) is 9.88 Å². The molecule has 1 aromatic heterocycles. The summed E-state index contributed by atoms with van der Waals surface area (Å²) >= 11 is 0. The molecular formula is C35H37F2N5O6. The van der Waals surface area contributed by atoms with Crippen LogP contribution in [0.1, 0.15) is 25.7 Å². The highest BCUT2D eigenvalue weighted by molar-refractivity contribution is 5.98. The number of pyridine rings is 1. The second-order valence-electron chi connectivity index (χ2n) is 12.2. The van der Waals surface area contributed by atoms with Crippen molar-refractivity contribution >= 4 is 34.1 Å². The number of nitrogens with zero attached hydrogens (tertiary/aromatic N) is 2. The van der Waals surface area contributed by atoms with E-state index in [0.717, 1.165) is 25.9 Å². The predicted molar refractivity (Wildman–Crippen MR) is 175 cm³/mol. The molecule has 0 radical (unpaired) electrons. The Morgan fingerprint density at radius 2 is 1.81 bits per heavy atom. The normalized spacial score (nSPS) is 16.6. The monoisotopic (exact) mass is 661 g/mol. The lowest BCUT2D eigenvalue weighted by Crippen LogP contribution is -2.40. The maximum atomic E-state index is 15.3. The third-order valence-corrected chi connectivity index (χ3v) is 8.85. The molecule has 0 spiro atoms. The van der Waals surface area contributed by atoms with Gasteiger partial charge in [-0.15, -0.1) is 0 Å². The molecule has 1 aliphatic carbocycles. The van der Waals surface area contributed by atoms with E-state index in [1.54, 1.807) is 30.5 Å². The average Bonchev–Trinajstić information content (AvgIpc) is 3.88. The number of likely N-dealkylation sites (tertiary alicyclic amines) is 1. The molecule has 1 atom stereocenters. The Morgan fingerprint density at radius 1 is 1.02 bits per heavy atom. The number of fused-ring (bicyclic) bond motifs is 1. The van der Waals surface area contributed by atoms with Crippen LogP contribution in [0.4, 0.5) is 20.2 Å². The standard InChI is InChI=1S/C35H37F2N5O6/c1-46-30-17-25-27(18-31(30)47-20-21-8-13-42(14-9-21)19-32(38)43)39-12-7-28(25)48-29-6-5-24(16-26(29)37)41-34(45)35(10-11-35)33(44)40-23-4-2-3-22(36)15-23/h2-7,12,15-18,21,34,41,45H,8-11,13-14,19-20H2,1H3,(H2,38,43)(H,40,44). The number of anilines is 2. The van der Waals surface area contributed by atoms with Gasteiger partial charge in [0.1, 0.15) is 17.8 Å². The summed E-state index contributed by atoms with van der Waals surface area (Å²) in [5.74, 6) is -0.386. The molecule has 0 bridgehead atoms. The Kier molecular flexibility index (Phi) is 9.60.